The largest absolute Gasteiger partial charge is 0.305 e. The SMILES string of the molecule is C/C=C/c1ccc(C(C)=N)cc1. The molecule has 1 heteroatoms. The minimum absolute atomic E-state index is 0.613. The molecule has 1 rings (SSSR count). The van der Waals surface area contributed by atoms with Crippen LogP contribution in [0.1, 0.15) is 25.0 Å². The summed E-state index contributed by atoms with van der Waals surface area (Å²) in [6.07, 6.45) is 4.05. The fourth-order valence-corrected chi connectivity index (χ4v) is 1.04. The second-order valence-corrected chi connectivity index (χ2v) is 2.75. The maximum absolute atomic E-state index is 7.39. The minimum atomic E-state index is 0.613. The van der Waals surface area contributed by atoms with Crippen molar-refractivity contribution in [2.45, 2.75) is 13.8 Å². The Kier molecular flexibility index (Phi) is 2.81. The van der Waals surface area contributed by atoms with E-state index in [1.54, 1.807) is 6.92 Å². The molecule has 0 aliphatic heterocycles. The third-order valence-electron chi connectivity index (χ3n) is 1.70. The highest BCUT2D eigenvalue weighted by Crippen LogP contribution is 2.06. The van der Waals surface area contributed by atoms with Crippen LogP contribution in [0.15, 0.2) is 30.3 Å². The Labute approximate surface area is 73.3 Å². The molecular formula is C11H13N. The Balaban J connectivity index is 2.93. The van der Waals surface area contributed by atoms with Crippen molar-refractivity contribution in [2.24, 2.45) is 0 Å². The fraction of sp³-hybridized carbons (Fsp3) is 0.182. The van der Waals surface area contributed by atoms with Crippen molar-refractivity contribution in [3.8, 4) is 0 Å². The van der Waals surface area contributed by atoms with Gasteiger partial charge < -0.3 is 5.41 Å². The van der Waals surface area contributed by atoms with Crippen LogP contribution >= 0.6 is 0 Å². The van der Waals surface area contributed by atoms with Gasteiger partial charge in [-0.2, -0.15) is 0 Å². The van der Waals surface area contributed by atoms with Crippen molar-refractivity contribution in [1.29, 1.82) is 5.41 Å². The fourth-order valence-electron chi connectivity index (χ4n) is 1.04. The van der Waals surface area contributed by atoms with Gasteiger partial charge in [0.05, 0.1) is 0 Å². The molecule has 0 heterocycles. The van der Waals surface area contributed by atoms with Crippen LogP contribution in [-0.2, 0) is 0 Å². The molecule has 1 aromatic rings. The van der Waals surface area contributed by atoms with Crippen molar-refractivity contribution in [1.82, 2.24) is 0 Å². The van der Waals surface area contributed by atoms with E-state index < -0.39 is 0 Å². The molecule has 0 aliphatic rings. The van der Waals surface area contributed by atoms with E-state index in [-0.39, 0.29) is 0 Å². The Morgan fingerprint density at radius 3 is 2.25 bits per heavy atom. The van der Waals surface area contributed by atoms with Gasteiger partial charge in [-0.3, -0.25) is 0 Å². The van der Waals surface area contributed by atoms with Gasteiger partial charge in [-0.1, -0.05) is 36.4 Å². The van der Waals surface area contributed by atoms with Crippen LogP contribution in [0.3, 0.4) is 0 Å². The predicted octanol–water partition coefficient (Wildman–Crippen LogP) is 3.11. The molecule has 0 saturated carbocycles. The number of benzene rings is 1. The molecule has 12 heavy (non-hydrogen) atoms. The topological polar surface area (TPSA) is 23.9 Å². The van der Waals surface area contributed by atoms with Gasteiger partial charge in [0.2, 0.25) is 0 Å². The van der Waals surface area contributed by atoms with Crippen LogP contribution in [0.2, 0.25) is 0 Å². The molecule has 0 amide bonds. The third kappa shape index (κ3) is 2.06. The highest BCUT2D eigenvalue weighted by molar-refractivity contribution is 5.96. The summed E-state index contributed by atoms with van der Waals surface area (Å²) in [4.78, 5) is 0. The van der Waals surface area contributed by atoms with Crippen molar-refractivity contribution in [2.75, 3.05) is 0 Å². The zero-order chi connectivity index (χ0) is 8.97. The predicted molar refractivity (Wildman–Crippen MR) is 53.7 cm³/mol. The molecule has 0 aromatic heterocycles. The summed E-state index contributed by atoms with van der Waals surface area (Å²) < 4.78 is 0. The van der Waals surface area contributed by atoms with Crippen molar-refractivity contribution in [3.63, 3.8) is 0 Å². The van der Waals surface area contributed by atoms with Gasteiger partial charge in [0.1, 0.15) is 0 Å². The highest BCUT2D eigenvalue weighted by Gasteiger charge is 1.92. The zero-order valence-corrected chi connectivity index (χ0v) is 7.46. The maximum Gasteiger partial charge on any atom is 0.0355 e. The molecule has 0 saturated heterocycles. The van der Waals surface area contributed by atoms with E-state index in [0.717, 1.165) is 5.56 Å². The number of hydrogen-bond donors (Lipinski definition) is 1. The molecule has 1 nitrogen and oxygen atoms in total. The normalized spacial score (nSPS) is 10.5. The summed E-state index contributed by atoms with van der Waals surface area (Å²) in [6.45, 7) is 3.79. The molecule has 0 unspecified atom stereocenters. The quantitative estimate of drug-likeness (QED) is 0.641. The molecule has 1 N–H and O–H groups in total. The summed E-state index contributed by atoms with van der Waals surface area (Å²) >= 11 is 0. The standard InChI is InChI=1S/C11H13N/c1-3-4-10-5-7-11(8-6-10)9(2)12/h3-8,12H,1-2H3/b4-3+,12-9?. The molecule has 0 spiro atoms. The summed E-state index contributed by atoms with van der Waals surface area (Å²) in [7, 11) is 0. The average molecular weight is 159 g/mol. The molecule has 0 bridgehead atoms. The van der Waals surface area contributed by atoms with Crippen molar-refractivity contribution < 1.29 is 0 Å². The van der Waals surface area contributed by atoms with Gasteiger partial charge >= 0.3 is 0 Å². The van der Waals surface area contributed by atoms with Crippen LogP contribution in [0.25, 0.3) is 6.08 Å². The van der Waals surface area contributed by atoms with E-state index >= 15 is 0 Å². The lowest BCUT2D eigenvalue weighted by Gasteiger charge is -1.97. The van der Waals surface area contributed by atoms with Crippen molar-refractivity contribution in [3.05, 3.63) is 41.5 Å². The van der Waals surface area contributed by atoms with E-state index in [2.05, 4.69) is 0 Å². The smallest absolute Gasteiger partial charge is 0.0355 e. The Bertz CT molecular complexity index is 293. The van der Waals surface area contributed by atoms with Gasteiger partial charge in [-0.25, -0.2) is 0 Å². The summed E-state index contributed by atoms with van der Waals surface area (Å²) in [5.74, 6) is 0. The van der Waals surface area contributed by atoms with Gasteiger partial charge in [-0.15, -0.1) is 0 Å². The lowest BCUT2D eigenvalue weighted by atomic mass is 10.1. The Morgan fingerprint density at radius 2 is 1.83 bits per heavy atom. The van der Waals surface area contributed by atoms with Crippen LogP contribution in [-0.4, -0.2) is 5.71 Å². The van der Waals surface area contributed by atoms with E-state index in [4.69, 9.17) is 5.41 Å². The number of hydrogen-bond acceptors (Lipinski definition) is 1. The first-order chi connectivity index (χ1) is 5.74. The maximum atomic E-state index is 7.39. The molecule has 0 fully saturated rings. The Hall–Kier alpha value is -1.37. The van der Waals surface area contributed by atoms with Crippen LogP contribution < -0.4 is 0 Å². The number of nitrogens with one attached hydrogen (secondary N) is 1. The average Bonchev–Trinajstić information content (AvgIpc) is 2.06. The third-order valence-corrected chi connectivity index (χ3v) is 1.70. The summed E-state index contributed by atoms with van der Waals surface area (Å²) in [5.41, 5.74) is 2.78. The second kappa shape index (κ2) is 3.86. The lowest BCUT2D eigenvalue weighted by Crippen LogP contribution is -1.90. The molecule has 0 radical (unpaired) electrons. The van der Waals surface area contributed by atoms with Crippen LogP contribution in [0, 0.1) is 5.41 Å². The van der Waals surface area contributed by atoms with E-state index in [0.29, 0.717) is 5.71 Å². The van der Waals surface area contributed by atoms with Crippen molar-refractivity contribution >= 4 is 11.8 Å². The molecule has 1 aromatic carbocycles. The van der Waals surface area contributed by atoms with Gasteiger partial charge in [0.15, 0.2) is 0 Å². The molecule has 0 atom stereocenters. The van der Waals surface area contributed by atoms with E-state index in [9.17, 15) is 0 Å². The first-order valence-corrected chi connectivity index (χ1v) is 4.02. The number of allylic oxidation sites excluding steroid dienone is 1. The first-order valence-electron chi connectivity index (χ1n) is 4.02. The Morgan fingerprint density at radius 1 is 1.25 bits per heavy atom. The summed E-state index contributed by atoms with van der Waals surface area (Å²) in [5, 5.41) is 7.39. The first kappa shape index (κ1) is 8.72. The monoisotopic (exact) mass is 159 g/mol. The minimum Gasteiger partial charge on any atom is -0.305 e. The van der Waals surface area contributed by atoms with Gasteiger partial charge in [0.25, 0.3) is 0 Å². The lowest BCUT2D eigenvalue weighted by molar-refractivity contribution is 1.45. The zero-order valence-electron chi connectivity index (χ0n) is 7.46. The van der Waals surface area contributed by atoms with Crippen LogP contribution in [0.5, 0.6) is 0 Å². The van der Waals surface area contributed by atoms with E-state index in [1.165, 1.54) is 5.56 Å². The summed E-state index contributed by atoms with van der Waals surface area (Å²) in [6, 6.07) is 7.98. The van der Waals surface area contributed by atoms with E-state index in [1.807, 2.05) is 43.3 Å². The van der Waals surface area contributed by atoms with Gasteiger partial charge in [0, 0.05) is 5.71 Å². The molecule has 62 valence electrons. The second-order valence-electron chi connectivity index (χ2n) is 2.75. The van der Waals surface area contributed by atoms with Gasteiger partial charge in [-0.05, 0) is 25.0 Å². The van der Waals surface area contributed by atoms with Crippen LogP contribution in [0.4, 0.5) is 0 Å². The highest BCUT2D eigenvalue weighted by atomic mass is 14.4. The molecular weight excluding hydrogens is 146 g/mol. The molecule has 0 aliphatic carbocycles. The number of rotatable bonds is 2.